The van der Waals surface area contributed by atoms with Gasteiger partial charge >= 0.3 is 0 Å². The zero-order valence-corrected chi connectivity index (χ0v) is 16.1. The Bertz CT molecular complexity index is 907. The summed E-state index contributed by atoms with van der Waals surface area (Å²) in [6, 6.07) is 10.7. The Morgan fingerprint density at radius 3 is 2.27 bits per heavy atom. The molecule has 2 aromatic rings. The molecule has 1 heterocycles. The molecule has 0 aromatic heterocycles. The third-order valence-electron chi connectivity index (χ3n) is 4.14. The lowest BCUT2D eigenvalue weighted by Crippen LogP contribution is -2.27. The van der Waals surface area contributed by atoms with Gasteiger partial charge in [0.25, 0.3) is 0 Å². The first-order chi connectivity index (χ1) is 12.4. The Labute approximate surface area is 162 Å². The second kappa shape index (κ2) is 7.96. The fourth-order valence-corrected chi connectivity index (χ4v) is 4.49. The maximum Gasteiger partial charge on any atom is 0.243 e. The van der Waals surface area contributed by atoms with Crippen LogP contribution in [0.3, 0.4) is 0 Å². The first-order valence-corrected chi connectivity index (χ1v) is 10.3. The van der Waals surface area contributed by atoms with E-state index in [1.165, 1.54) is 34.6 Å². The van der Waals surface area contributed by atoms with Crippen LogP contribution in [-0.4, -0.2) is 38.2 Å². The minimum absolute atomic E-state index is 0.184. The van der Waals surface area contributed by atoms with Crippen molar-refractivity contribution in [3.8, 4) is 5.75 Å². The van der Waals surface area contributed by atoms with Gasteiger partial charge in [0, 0.05) is 24.7 Å². The SMILES string of the molecule is O=C(COc1ccc(Cl)c(Cl)c1)c1ccc(S(=O)(=O)N2CCCC2)cc1. The molecule has 1 saturated heterocycles. The first-order valence-electron chi connectivity index (χ1n) is 8.09. The van der Waals surface area contributed by atoms with Gasteiger partial charge in [0.1, 0.15) is 5.75 Å². The van der Waals surface area contributed by atoms with Crippen LogP contribution in [0.5, 0.6) is 5.75 Å². The van der Waals surface area contributed by atoms with Crippen molar-refractivity contribution in [1.29, 1.82) is 0 Å². The number of hydrogen-bond donors (Lipinski definition) is 0. The van der Waals surface area contributed by atoms with Gasteiger partial charge in [-0.2, -0.15) is 4.31 Å². The Morgan fingerprint density at radius 2 is 1.65 bits per heavy atom. The number of ether oxygens (including phenoxy) is 1. The van der Waals surface area contributed by atoms with Gasteiger partial charge in [0.15, 0.2) is 12.4 Å². The zero-order valence-electron chi connectivity index (χ0n) is 13.8. The summed E-state index contributed by atoms with van der Waals surface area (Å²) in [5, 5.41) is 0.744. The van der Waals surface area contributed by atoms with Crippen LogP contribution in [0.15, 0.2) is 47.4 Å². The van der Waals surface area contributed by atoms with Crippen LogP contribution in [-0.2, 0) is 10.0 Å². The standard InChI is InChI=1S/C18H17Cl2NO4S/c19-16-8-5-14(11-17(16)20)25-12-18(22)13-3-6-15(7-4-13)26(23,24)21-9-1-2-10-21/h3-8,11H,1-2,9-10,12H2. The molecule has 0 atom stereocenters. The van der Waals surface area contributed by atoms with E-state index in [1.54, 1.807) is 12.1 Å². The summed E-state index contributed by atoms with van der Waals surface area (Å²) in [5.74, 6) is 0.169. The number of Topliss-reactive ketones (excluding diaryl/α,β-unsaturated/α-hetero) is 1. The fraction of sp³-hybridized carbons (Fsp3) is 0.278. The summed E-state index contributed by atoms with van der Waals surface area (Å²) in [6.45, 7) is 0.900. The maximum atomic E-state index is 12.5. The maximum absolute atomic E-state index is 12.5. The smallest absolute Gasteiger partial charge is 0.243 e. The molecule has 1 fully saturated rings. The van der Waals surface area contributed by atoms with E-state index in [1.807, 2.05) is 0 Å². The molecule has 0 N–H and O–H groups in total. The molecular weight excluding hydrogens is 397 g/mol. The zero-order chi connectivity index (χ0) is 18.7. The van der Waals surface area contributed by atoms with E-state index >= 15 is 0 Å². The molecular formula is C18H17Cl2NO4S. The van der Waals surface area contributed by atoms with Gasteiger partial charge in [-0.15, -0.1) is 0 Å². The van der Waals surface area contributed by atoms with E-state index in [-0.39, 0.29) is 17.3 Å². The summed E-state index contributed by atoms with van der Waals surface area (Å²) in [7, 11) is -3.48. The van der Waals surface area contributed by atoms with Crippen LogP contribution in [0.2, 0.25) is 10.0 Å². The summed E-state index contributed by atoms with van der Waals surface area (Å²) in [5.41, 5.74) is 0.380. The molecule has 0 radical (unpaired) electrons. The Hall–Kier alpha value is -1.60. The monoisotopic (exact) mass is 413 g/mol. The molecule has 26 heavy (non-hydrogen) atoms. The second-order valence-corrected chi connectivity index (χ2v) is 8.68. The summed E-state index contributed by atoms with van der Waals surface area (Å²) in [4.78, 5) is 12.4. The quantitative estimate of drug-likeness (QED) is 0.670. The van der Waals surface area contributed by atoms with Crippen molar-refractivity contribution >= 4 is 39.0 Å². The first kappa shape index (κ1) is 19.2. The highest BCUT2D eigenvalue weighted by atomic mass is 35.5. The molecule has 0 unspecified atom stereocenters. The Kier molecular flexibility index (Phi) is 5.87. The molecule has 3 rings (SSSR count). The highest BCUT2D eigenvalue weighted by Gasteiger charge is 2.27. The molecule has 0 spiro atoms. The average molecular weight is 414 g/mol. The minimum atomic E-state index is -3.48. The predicted molar refractivity (Wildman–Crippen MR) is 101 cm³/mol. The van der Waals surface area contributed by atoms with Crippen LogP contribution in [0.4, 0.5) is 0 Å². The van der Waals surface area contributed by atoms with Gasteiger partial charge < -0.3 is 4.74 Å². The van der Waals surface area contributed by atoms with Gasteiger partial charge in [-0.05, 0) is 49.2 Å². The van der Waals surface area contributed by atoms with E-state index < -0.39 is 10.0 Å². The van der Waals surface area contributed by atoms with Crippen LogP contribution >= 0.6 is 23.2 Å². The molecule has 1 aliphatic heterocycles. The summed E-state index contributed by atoms with van der Waals surface area (Å²) >= 11 is 11.7. The fourth-order valence-electron chi connectivity index (χ4n) is 2.69. The average Bonchev–Trinajstić information content (AvgIpc) is 3.18. The van der Waals surface area contributed by atoms with E-state index in [2.05, 4.69) is 0 Å². The van der Waals surface area contributed by atoms with Gasteiger partial charge in [-0.1, -0.05) is 23.2 Å². The summed E-state index contributed by atoms with van der Waals surface area (Å²) in [6.07, 6.45) is 1.75. The number of halogens is 2. The van der Waals surface area contributed by atoms with Gasteiger partial charge in [0.05, 0.1) is 14.9 Å². The van der Waals surface area contributed by atoms with Crippen molar-refractivity contribution in [3.05, 3.63) is 58.1 Å². The lowest BCUT2D eigenvalue weighted by Gasteiger charge is -2.15. The largest absolute Gasteiger partial charge is 0.485 e. The molecule has 138 valence electrons. The van der Waals surface area contributed by atoms with Crippen LogP contribution in [0.25, 0.3) is 0 Å². The number of carbonyl (C=O) groups is 1. The number of benzene rings is 2. The van der Waals surface area contributed by atoms with E-state index in [9.17, 15) is 13.2 Å². The number of sulfonamides is 1. The van der Waals surface area contributed by atoms with E-state index in [0.717, 1.165) is 12.8 Å². The highest BCUT2D eigenvalue weighted by molar-refractivity contribution is 7.89. The van der Waals surface area contributed by atoms with Crippen LogP contribution in [0, 0.1) is 0 Å². The van der Waals surface area contributed by atoms with Crippen LogP contribution < -0.4 is 4.74 Å². The summed E-state index contributed by atoms with van der Waals surface area (Å²) < 4.78 is 31.8. The predicted octanol–water partition coefficient (Wildman–Crippen LogP) is 4.04. The number of hydrogen-bond acceptors (Lipinski definition) is 4. The molecule has 8 heteroatoms. The molecule has 0 bridgehead atoms. The lowest BCUT2D eigenvalue weighted by atomic mass is 10.1. The van der Waals surface area contributed by atoms with Gasteiger partial charge in [0.2, 0.25) is 10.0 Å². The Morgan fingerprint density at radius 1 is 1.00 bits per heavy atom. The topological polar surface area (TPSA) is 63.7 Å². The molecule has 0 saturated carbocycles. The third kappa shape index (κ3) is 4.20. The van der Waals surface area contributed by atoms with Crippen LogP contribution in [0.1, 0.15) is 23.2 Å². The van der Waals surface area contributed by atoms with Crippen molar-refractivity contribution in [2.45, 2.75) is 17.7 Å². The van der Waals surface area contributed by atoms with Crippen molar-refractivity contribution in [2.75, 3.05) is 19.7 Å². The molecule has 0 aliphatic carbocycles. The van der Waals surface area contributed by atoms with Crippen molar-refractivity contribution in [2.24, 2.45) is 0 Å². The van der Waals surface area contributed by atoms with Gasteiger partial charge in [-0.25, -0.2) is 8.42 Å². The number of rotatable bonds is 6. The van der Waals surface area contributed by atoms with Crippen molar-refractivity contribution in [1.82, 2.24) is 4.31 Å². The lowest BCUT2D eigenvalue weighted by molar-refractivity contribution is 0.0921. The number of nitrogens with zero attached hydrogens (tertiary/aromatic N) is 1. The molecule has 2 aromatic carbocycles. The molecule has 0 amide bonds. The molecule has 1 aliphatic rings. The van der Waals surface area contributed by atoms with E-state index in [4.69, 9.17) is 27.9 Å². The van der Waals surface area contributed by atoms with Crippen molar-refractivity contribution in [3.63, 3.8) is 0 Å². The third-order valence-corrected chi connectivity index (χ3v) is 6.79. The highest BCUT2D eigenvalue weighted by Crippen LogP contribution is 2.26. The number of ketones is 1. The van der Waals surface area contributed by atoms with Crippen molar-refractivity contribution < 1.29 is 17.9 Å². The Balaban J connectivity index is 1.66. The molecule has 5 nitrogen and oxygen atoms in total. The van der Waals surface area contributed by atoms with Gasteiger partial charge in [-0.3, -0.25) is 4.79 Å². The number of carbonyl (C=O) groups excluding carboxylic acids is 1. The second-order valence-electron chi connectivity index (χ2n) is 5.92. The van der Waals surface area contributed by atoms with E-state index in [0.29, 0.717) is 34.4 Å². The minimum Gasteiger partial charge on any atom is -0.485 e. The normalized spacial score (nSPS) is 15.2.